The lowest BCUT2D eigenvalue weighted by Crippen LogP contribution is -2.37. The van der Waals surface area contributed by atoms with E-state index in [1.807, 2.05) is 46.3 Å². The third kappa shape index (κ3) is 3.10. The molecule has 2 atom stereocenters. The van der Waals surface area contributed by atoms with Crippen molar-refractivity contribution < 1.29 is 9.53 Å². The van der Waals surface area contributed by atoms with Crippen LogP contribution in [0.2, 0.25) is 0 Å². The number of hydrogen-bond donors (Lipinski definition) is 1. The van der Waals surface area contributed by atoms with Crippen molar-refractivity contribution in [2.75, 3.05) is 6.61 Å². The number of carbonyl (C=O) groups is 1. The lowest BCUT2D eigenvalue weighted by atomic mass is 10.1. The lowest BCUT2D eigenvalue weighted by molar-refractivity contribution is -0.145. The number of hydrogen-bond acceptors (Lipinski definition) is 4. The Hall–Kier alpha value is -1.36. The quantitative estimate of drug-likeness (QED) is 0.810. The van der Waals surface area contributed by atoms with E-state index in [2.05, 4.69) is 10.4 Å². The van der Waals surface area contributed by atoms with Crippen molar-refractivity contribution in [2.45, 2.75) is 46.7 Å². The van der Waals surface area contributed by atoms with E-state index in [1.54, 1.807) is 0 Å². The molecule has 1 N–H and O–H groups in total. The van der Waals surface area contributed by atoms with Gasteiger partial charge in [-0.15, -0.1) is 0 Å². The second-order valence-electron chi connectivity index (χ2n) is 4.57. The standard InChI is InChI=1S/C13H23N3O2/c1-7-18-13(17)10(4)14-8(2)12-9(3)15-16(6)11(12)5/h8,10,14H,7H2,1-6H3. The second kappa shape index (κ2) is 6.00. The molecule has 1 rings (SSSR count). The maximum Gasteiger partial charge on any atom is 0.322 e. The molecule has 0 aliphatic carbocycles. The molecule has 18 heavy (non-hydrogen) atoms. The van der Waals surface area contributed by atoms with Gasteiger partial charge in [0, 0.05) is 24.3 Å². The van der Waals surface area contributed by atoms with E-state index >= 15 is 0 Å². The van der Waals surface area contributed by atoms with Crippen LogP contribution in [0, 0.1) is 13.8 Å². The molecule has 1 heterocycles. The summed E-state index contributed by atoms with van der Waals surface area (Å²) in [7, 11) is 1.92. The Labute approximate surface area is 109 Å². The molecule has 0 aliphatic rings. The molecule has 102 valence electrons. The maximum absolute atomic E-state index is 11.6. The molecule has 2 unspecified atom stereocenters. The Morgan fingerprint density at radius 2 is 2.06 bits per heavy atom. The zero-order chi connectivity index (χ0) is 13.9. The van der Waals surface area contributed by atoms with Crippen molar-refractivity contribution in [1.29, 1.82) is 0 Å². The summed E-state index contributed by atoms with van der Waals surface area (Å²) >= 11 is 0. The number of nitrogens with zero attached hydrogens (tertiary/aromatic N) is 2. The number of carbonyl (C=O) groups excluding carboxylic acids is 1. The minimum atomic E-state index is -0.320. The van der Waals surface area contributed by atoms with Crippen molar-refractivity contribution in [3.05, 3.63) is 17.0 Å². The van der Waals surface area contributed by atoms with Gasteiger partial charge in [-0.1, -0.05) is 0 Å². The van der Waals surface area contributed by atoms with Gasteiger partial charge in [0.25, 0.3) is 0 Å². The molecule has 0 aliphatic heterocycles. The molecule has 0 spiro atoms. The highest BCUT2D eigenvalue weighted by Gasteiger charge is 2.21. The van der Waals surface area contributed by atoms with Crippen LogP contribution >= 0.6 is 0 Å². The van der Waals surface area contributed by atoms with Crippen LogP contribution in [0.5, 0.6) is 0 Å². The first kappa shape index (κ1) is 14.7. The van der Waals surface area contributed by atoms with Crippen LogP contribution in [0.1, 0.15) is 43.8 Å². The van der Waals surface area contributed by atoms with Crippen molar-refractivity contribution in [3.63, 3.8) is 0 Å². The summed E-state index contributed by atoms with van der Waals surface area (Å²) < 4.78 is 6.84. The number of ether oxygens (including phenoxy) is 1. The van der Waals surface area contributed by atoms with Crippen molar-refractivity contribution in [1.82, 2.24) is 15.1 Å². The number of nitrogens with one attached hydrogen (secondary N) is 1. The average molecular weight is 253 g/mol. The molecule has 0 amide bonds. The van der Waals surface area contributed by atoms with Gasteiger partial charge in [0.1, 0.15) is 6.04 Å². The summed E-state index contributed by atoms with van der Waals surface area (Å²) in [5, 5.41) is 7.63. The van der Waals surface area contributed by atoms with Crippen molar-refractivity contribution in [2.24, 2.45) is 7.05 Å². The van der Waals surface area contributed by atoms with Gasteiger partial charge in [0.15, 0.2) is 0 Å². The summed E-state index contributed by atoms with van der Waals surface area (Å²) in [6, 6.07) is -0.253. The topological polar surface area (TPSA) is 56.1 Å². The van der Waals surface area contributed by atoms with Crippen LogP contribution in [0.4, 0.5) is 0 Å². The highest BCUT2D eigenvalue weighted by atomic mass is 16.5. The Bertz CT molecular complexity index is 426. The van der Waals surface area contributed by atoms with E-state index in [-0.39, 0.29) is 18.1 Å². The molecule has 0 saturated heterocycles. The van der Waals surface area contributed by atoms with Crippen molar-refractivity contribution >= 4 is 5.97 Å². The first-order valence-corrected chi connectivity index (χ1v) is 6.31. The van der Waals surface area contributed by atoms with E-state index in [4.69, 9.17) is 4.74 Å². The maximum atomic E-state index is 11.6. The summed E-state index contributed by atoms with van der Waals surface area (Å²) in [5.41, 5.74) is 3.25. The van der Waals surface area contributed by atoms with Gasteiger partial charge in [0.2, 0.25) is 0 Å². The average Bonchev–Trinajstić information content (AvgIpc) is 2.53. The van der Waals surface area contributed by atoms with Gasteiger partial charge in [-0.05, 0) is 34.6 Å². The van der Waals surface area contributed by atoms with Crippen molar-refractivity contribution in [3.8, 4) is 0 Å². The monoisotopic (exact) mass is 253 g/mol. The third-order valence-corrected chi connectivity index (χ3v) is 3.14. The zero-order valence-electron chi connectivity index (χ0n) is 12.1. The zero-order valence-corrected chi connectivity index (χ0v) is 12.1. The molecule has 5 heteroatoms. The van der Waals surface area contributed by atoms with Gasteiger partial charge in [-0.25, -0.2) is 0 Å². The number of aryl methyl sites for hydroxylation is 2. The number of rotatable bonds is 5. The summed E-state index contributed by atoms with van der Waals surface area (Å²) in [6.07, 6.45) is 0. The van der Waals surface area contributed by atoms with E-state index in [9.17, 15) is 4.79 Å². The predicted octanol–water partition coefficient (Wildman–Crippen LogP) is 1.64. The molecular formula is C13H23N3O2. The lowest BCUT2D eigenvalue weighted by Gasteiger charge is -2.19. The summed E-state index contributed by atoms with van der Waals surface area (Å²) in [5.74, 6) is -0.219. The molecule has 0 fully saturated rings. The van der Waals surface area contributed by atoms with Crippen LogP contribution in [0.3, 0.4) is 0 Å². The molecule has 0 saturated carbocycles. The van der Waals surface area contributed by atoms with Crippen LogP contribution in [-0.2, 0) is 16.6 Å². The second-order valence-corrected chi connectivity index (χ2v) is 4.57. The summed E-state index contributed by atoms with van der Waals surface area (Å²) in [4.78, 5) is 11.6. The smallest absolute Gasteiger partial charge is 0.322 e. The Morgan fingerprint density at radius 3 is 2.50 bits per heavy atom. The van der Waals surface area contributed by atoms with Crippen LogP contribution in [-0.4, -0.2) is 28.4 Å². The molecule has 1 aromatic rings. The normalized spacial score (nSPS) is 14.3. The largest absolute Gasteiger partial charge is 0.465 e. The molecule has 1 aromatic heterocycles. The van der Waals surface area contributed by atoms with Gasteiger partial charge < -0.3 is 4.74 Å². The molecule has 0 aromatic carbocycles. The SMILES string of the molecule is CCOC(=O)C(C)NC(C)c1c(C)nn(C)c1C. The first-order chi connectivity index (χ1) is 8.38. The minimum absolute atomic E-state index is 0.0677. The Morgan fingerprint density at radius 1 is 1.44 bits per heavy atom. The van der Waals surface area contributed by atoms with Gasteiger partial charge in [-0.2, -0.15) is 5.10 Å². The van der Waals surface area contributed by atoms with E-state index < -0.39 is 0 Å². The molecule has 0 bridgehead atoms. The fourth-order valence-corrected chi connectivity index (χ4v) is 2.21. The van der Waals surface area contributed by atoms with Gasteiger partial charge >= 0.3 is 5.97 Å². The van der Waals surface area contributed by atoms with Gasteiger partial charge in [0.05, 0.1) is 12.3 Å². The highest BCUT2D eigenvalue weighted by molar-refractivity contribution is 5.75. The molecule has 0 radical (unpaired) electrons. The van der Waals surface area contributed by atoms with Crippen LogP contribution in [0.25, 0.3) is 0 Å². The molecule has 5 nitrogen and oxygen atoms in total. The predicted molar refractivity (Wildman–Crippen MR) is 70.3 cm³/mol. The van der Waals surface area contributed by atoms with Crippen LogP contribution < -0.4 is 5.32 Å². The third-order valence-electron chi connectivity index (χ3n) is 3.14. The fraction of sp³-hybridized carbons (Fsp3) is 0.692. The Balaban J connectivity index is 2.76. The first-order valence-electron chi connectivity index (χ1n) is 6.31. The number of aromatic nitrogens is 2. The number of esters is 1. The highest BCUT2D eigenvalue weighted by Crippen LogP contribution is 2.21. The minimum Gasteiger partial charge on any atom is -0.465 e. The fourth-order valence-electron chi connectivity index (χ4n) is 2.21. The van der Waals surface area contributed by atoms with Gasteiger partial charge in [-0.3, -0.25) is 14.8 Å². The Kier molecular flexibility index (Phi) is 4.90. The molecular weight excluding hydrogens is 230 g/mol. The van der Waals surface area contributed by atoms with Crippen LogP contribution in [0.15, 0.2) is 0 Å². The van der Waals surface area contributed by atoms with E-state index in [0.717, 1.165) is 17.0 Å². The summed E-state index contributed by atoms with van der Waals surface area (Å²) in [6.45, 7) is 10.1. The van der Waals surface area contributed by atoms with E-state index in [1.165, 1.54) is 0 Å². The van der Waals surface area contributed by atoms with E-state index in [0.29, 0.717) is 6.61 Å².